The lowest BCUT2D eigenvalue weighted by atomic mass is 9.87. The number of halogens is 1. The lowest BCUT2D eigenvalue weighted by Gasteiger charge is -2.20. The molecular weight excluding hydrogens is 192 g/mol. The first-order valence-corrected chi connectivity index (χ1v) is 5.58. The molecule has 0 radical (unpaired) electrons. The predicted molar refractivity (Wildman–Crippen MR) is 64.2 cm³/mol. The second-order valence-corrected chi connectivity index (χ2v) is 4.92. The van der Waals surface area contributed by atoms with Crippen molar-refractivity contribution in [3.05, 3.63) is 33.8 Å². The van der Waals surface area contributed by atoms with E-state index in [9.17, 15) is 0 Å². The molecule has 0 aliphatic carbocycles. The van der Waals surface area contributed by atoms with Crippen molar-refractivity contribution in [1.29, 1.82) is 0 Å². The molecule has 0 aromatic heterocycles. The van der Waals surface area contributed by atoms with Crippen molar-refractivity contribution >= 4 is 11.6 Å². The van der Waals surface area contributed by atoms with Crippen LogP contribution in [-0.4, -0.2) is 0 Å². The minimum atomic E-state index is 0.531. The van der Waals surface area contributed by atoms with Crippen molar-refractivity contribution in [2.75, 3.05) is 0 Å². The molecule has 0 aliphatic rings. The van der Waals surface area contributed by atoms with Crippen LogP contribution in [0, 0.1) is 19.8 Å². The molecule has 0 spiro atoms. The molecule has 1 aromatic carbocycles. The van der Waals surface area contributed by atoms with Crippen molar-refractivity contribution < 1.29 is 0 Å². The highest BCUT2D eigenvalue weighted by atomic mass is 35.5. The molecule has 0 amide bonds. The van der Waals surface area contributed by atoms with Crippen LogP contribution >= 0.6 is 11.6 Å². The summed E-state index contributed by atoms with van der Waals surface area (Å²) in [5.74, 6) is 1.16. The zero-order valence-corrected chi connectivity index (χ0v) is 10.4. The highest BCUT2D eigenvalue weighted by Crippen LogP contribution is 2.33. The fourth-order valence-electron chi connectivity index (χ4n) is 1.84. The molecule has 78 valence electrons. The Kier molecular flexibility index (Phi) is 3.60. The Morgan fingerprint density at radius 2 is 1.64 bits per heavy atom. The molecule has 1 rings (SSSR count). The van der Waals surface area contributed by atoms with Crippen LogP contribution in [0.4, 0.5) is 0 Å². The summed E-state index contributed by atoms with van der Waals surface area (Å²) >= 11 is 6.27. The maximum atomic E-state index is 6.27. The van der Waals surface area contributed by atoms with Crippen molar-refractivity contribution in [3.8, 4) is 0 Å². The zero-order valence-electron chi connectivity index (χ0n) is 9.69. The third-order valence-corrected chi connectivity index (χ3v) is 3.25. The molecule has 0 saturated heterocycles. The standard InChI is InChI=1S/C13H19Cl/c1-8(2)11(5)13-10(4)6-9(3)7-12(13)14/h6-8,11H,1-5H3. The Morgan fingerprint density at radius 3 is 2.07 bits per heavy atom. The van der Waals surface area contributed by atoms with E-state index in [1.807, 2.05) is 0 Å². The highest BCUT2D eigenvalue weighted by molar-refractivity contribution is 6.31. The highest BCUT2D eigenvalue weighted by Gasteiger charge is 2.15. The molecule has 0 saturated carbocycles. The quantitative estimate of drug-likeness (QED) is 0.663. The summed E-state index contributed by atoms with van der Waals surface area (Å²) in [6, 6.07) is 4.27. The molecule has 0 aliphatic heterocycles. The average molecular weight is 211 g/mol. The topological polar surface area (TPSA) is 0 Å². The van der Waals surface area contributed by atoms with E-state index in [0.717, 1.165) is 5.02 Å². The molecule has 0 N–H and O–H groups in total. The third-order valence-electron chi connectivity index (χ3n) is 2.94. The lowest BCUT2D eigenvalue weighted by molar-refractivity contribution is 0.533. The normalized spacial score (nSPS) is 13.4. The van der Waals surface area contributed by atoms with Gasteiger partial charge in [0.2, 0.25) is 0 Å². The first kappa shape index (κ1) is 11.6. The summed E-state index contributed by atoms with van der Waals surface area (Å²) in [5, 5.41) is 0.920. The van der Waals surface area contributed by atoms with E-state index in [-0.39, 0.29) is 0 Å². The average Bonchev–Trinajstić information content (AvgIpc) is 2.01. The van der Waals surface area contributed by atoms with E-state index in [1.165, 1.54) is 16.7 Å². The van der Waals surface area contributed by atoms with Gasteiger partial charge in [-0.1, -0.05) is 38.4 Å². The molecule has 1 atom stereocenters. The number of hydrogen-bond donors (Lipinski definition) is 0. The summed E-state index contributed by atoms with van der Waals surface area (Å²) in [6.45, 7) is 10.9. The minimum absolute atomic E-state index is 0.531. The monoisotopic (exact) mass is 210 g/mol. The van der Waals surface area contributed by atoms with Crippen LogP contribution in [0.2, 0.25) is 5.02 Å². The van der Waals surface area contributed by atoms with E-state index in [0.29, 0.717) is 11.8 Å². The Balaban J connectivity index is 3.20. The Hall–Kier alpha value is -0.490. The van der Waals surface area contributed by atoms with E-state index in [4.69, 9.17) is 11.6 Å². The SMILES string of the molecule is Cc1cc(C)c(C(C)C(C)C)c(Cl)c1. The smallest absolute Gasteiger partial charge is 0.0446 e. The summed E-state index contributed by atoms with van der Waals surface area (Å²) in [6.07, 6.45) is 0. The molecule has 1 aromatic rings. The fourth-order valence-corrected chi connectivity index (χ4v) is 2.33. The Bertz CT molecular complexity index is 303. The maximum absolute atomic E-state index is 6.27. The van der Waals surface area contributed by atoms with Crippen molar-refractivity contribution in [2.45, 2.75) is 40.5 Å². The van der Waals surface area contributed by atoms with E-state index in [1.54, 1.807) is 0 Å². The van der Waals surface area contributed by atoms with Gasteiger partial charge in [0.15, 0.2) is 0 Å². The molecule has 1 heteroatoms. The Morgan fingerprint density at radius 1 is 1.07 bits per heavy atom. The number of rotatable bonds is 2. The van der Waals surface area contributed by atoms with Crippen LogP contribution in [-0.2, 0) is 0 Å². The molecular formula is C13H19Cl. The van der Waals surface area contributed by atoms with Gasteiger partial charge in [0, 0.05) is 5.02 Å². The van der Waals surface area contributed by atoms with Crippen LogP contribution in [0.3, 0.4) is 0 Å². The molecule has 0 heterocycles. The zero-order chi connectivity index (χ0) is 10.9. The molecule has 1 unspecified atom stereocenters. The molecule has 0 fully saturated rings. The maximum Gasteiger partial charge on any atom is 0.0446 e. The summed E-state index contributed by atoms with van der Waals surface area (Å²) in [4.78, 5) is 0. The number of aryl methyl sites for hydroxylation is 2. The van der Waals surface area contributed by atoms with Gasteiger partial charge in [-0.3, -0.25) is 0 Å². The minimum Gasteiger partial charge on any atom is -0.0840 e. The number of hydrogen-bond acceptors (Lipinski definition) is 0. The Labute approximate surface area is 92.3 Å². The van der Waals surface area contributed by atoms with Crippen molar-refractivity contribution in [3.63, 3.8) is 0 Å². The van der Waals surface area contributed by atoms with Crippen LogP contribution < -0.4 is 0 Å². The second kappa shape index (κ2) is 4.35. The second-order valence-electron chi connectivity index (χ2n) is 4.51. The van der Waals surface area contributed by atoms with Crippen LogP contribution in [0.25, 0.3) is 0 Å². The van der Waals surface area contributed by atoms with E-state index < -0.39 is 0 Å². The first-order chi connectivity index (χ1) is 6.43. The summed E-state index contributed by atoms with van der Waals surface area (Å²) in [5.41, 5.74) is 3.87. The van der Waals surface area contributed by atoms with Gasteiger partial charge in [-0.2, -0.15) is 0 Å². The fraction of sp³-hybridized carbons (Fsp3) is 0.538. The van der Waals surface area contributed by atoms with Crippen LogP contribution in [0.1, 0.15) is 43.4 Å². The summed E-state index contributed by atoms with van der Waals surface area (Å²) < 4.78 is 0. The van der Waals surface area contributed by atoms with Gasteiger partial charge in [-0.15, -0.1) is 0 Å². The molecule has 0 nitrogen and oxygen atoms in total. The van der Waals surface area contributed by atoms with Gasteiger partial charge in [0.1, 0.15) is 0 Å². The lowest BCUT2D eigenvalue weighted by Crippen LogP contribution is -2.05. The first-order valence-electron chi connectivity index (χ1n) is 5.20. The number of benzene rings is 1. The van der Waals surface area contributed by atoms with Gasteiger partial charge in [0.25, 0.3) is 0 Å². The van der Waals surface area contributed by atoms with Gasteiger partial charge < -0.3 is 0 Å². The third kappa shape index (κ3) is 2.30. The molecule has 14 heavy (non-hydrogen) atoms. The van der Waals surface area contributed by atoms with Gasteiger partial charge in [0.05, 0.1) is 0 Å². The van der Waals surface area contributed by atoms with E-state index in [2.05, 4.69) is 46.8 Å². The predicted octanol–water partition coefficient (Wildman–Crippen LogP) is 4.72. The van der Waals surface area contributed by atoms with Gasteiger partial charge in [-0.25, -0.2) is 0 Å². The van der Waals surface area contributed by atoms with Gasteiger partial charge in [-0.05, 0) is 48.4 Å². The van der Waals surface area contributed by atoms with Crippen LogP contribution in [0.15, 0.2) is 12.1 Å². The summed E-state index contributed by atoms with van der Waals surface area (Å²) in [7, 11) is 0. The van der Waals surface area contributed by atoms with Crippen LogP contribution in [0.5, 0.6) is 0 Å². The van der Waals surface area contributed by atoms with Gasteiger partial charge >= 0.3 is 0 Å². The molecule has 0 bridgehead atoms. The van der Waals surface area contributed by atoms with E-state index >= 15 is 0 Å². The largest absolute Gasteiger partial charge is 0.0840 e. The van der Waals surface area contributed by atoms with Crippen molar-refractivity contribution in [1.82, 2.24) is 0 Å². The van der Waals surface area contributed by atoms with Crippen molar-refractivity contribution in [2.24, 2.45) is 5.92 Å².